The molecule has 1 aromatic carbocycles. The summed E-state index contributed by atoms with van der Waals surface area (Å²) in [6.07, 6.45) is 1.27. The van der Waals surface area contributed by atoms with Crippen LogP contribution in [0.3, 0.4) is 0 Å². The van der Waals surface area contributed by atoms with Gasteiger partial charge in [-0.15, -0.1) is 0 Å². The second-order valence-corrected chi connectivity index (χ2v) is 8.12. The number of nitrogens with zero attached hydrogens (tertiary/aromatic N) is 2. The summed E-state index contributed by atoms with van der Waals surface area (Å²) in [7, 11) is 0. The second kappa shape index (κ2) is 7.62. The quantitative estimate of drug-likeness (QED) is 0.884. The van der Waals surface area contributed by atoms with Gasteiger partial charge in [0.2, 0.25) is 0 Å². The van der Waals surface area contributed by atoms with E-state index in [-0.39, 0.29) is 5.91 Å². The molecular formula is C21H31N4O+. The fourth-order valence-corrected chi connectivity index (χ4v) is 4.24. The van der Waals surface area contributed by atoms with Crippen molar-refractivity contribution in [3.8, 4) is 5.69 Å². The van der Waals surface area contributed by atoms with Gasteiger partial charge in [-0.3, -0.25) is 4.79 Å². The number of hydrogen-bond donors (Lipinski definition) is 2. The molecule has 1 aliphatic heterocycles. The van der Waals surface area contributed by atoms with Gasteiger partial charge in [-0.1, -0.05) is 31.5 Å². The summed E-state index contributed by atoms with van der Waals surface area (Å²) in [5.74, 6) is 1.46. The Bertz CT molecular complexity index is 768. The van der Waals surface area contributed by atoms with E-state index >= 15 is 0 Å². The molecule has 2 atom stereocenters. The largest absolute Gasteiger partial charge is 0.327 e. The Kier molecular flexibility index (Phi) is 5.47. The number of benzene rings is 1. The summed E-state index contributed by atoms with van der Waals surface area (Å²) in [6, 6.07) is 8.26. The number of likely N-dealkylation sites (tertiary alicyclic amines) is 1. The van der Waals surface area contributed by atoms with E-state index in [1.54, 1.807) is 0 Å². The fourth-order valence-electron chi connectivity index (χ4n) is 4.24. The lowest BCUT2D eigenvalue weighted by molar-refractivity contribution is -0.904. The summed E-state index contributed by atoms with van der Waals surface area (Å²) in [4.78, 5) is 14.0. The van der Waals surface area contributed by atoms with Crippen LogP contribution in [0.25, 0.3) is 5.69 Å². The lowest BCUT2D eigenvalue weighted by Crippen LogP contribution is -3.15. The van der Waals surface area contributed by atoms with Crippen LogP contribution in [0.15, 0.2) is 24.3 Å². The lowest BCUT2D eigenvalue weighted by atomic mass is 9.92. The van der Waals surface area contributed by atoms with Gasteiger partial charge in [-0.2, -0.15) is 5.10 Å². The number of aromatic nitrogens is 2. The molecule has 3 rings (SSSR count). The summed E-state index contributed by atoms with van der Waals surface area (Å²) < 4.78 is 1.91. The first-order chi connectivity index (χ1) is 12.3. The van der Waals surface area contributed by atoms with Crippen LogP contribution in [0.2, 0.25) is 0 Å². The van der Waals surface area contributed by atoms with E-state index < -0.39 is 0 Å². The van der Waals surface area contributed by atoms with E-state index in [2.05, 4.69) is 55.5 Å². The minimum absolute atomic E-state index is 0.0796. The molecule has 2 aromatic rings. The number of amides is 1. The van der Waals surface area contributed by atoms with Gasteiger partial charge in [-0.05, 0) is 39.3 Å². The van der Waals surface area contributed by atoms with Crippen LogP contribution in [0.5, 0.6) is 0 Å². The topological polar surface area (TPSA) is 51.4 Å². The molecule has 1 aromatic heterocycles. The maximum absolute atomic E-state index is 12.6. The fraction of sp³-hybridized carbons (Fsp3) is 0.524. The van der Waals surface area contributed by atoms with Gasteiger partial charge in [-0.25, -0.2) is 4.68 Å². The average molecular weight is 356 g/mol. The van der Waals surface area contributed by atoms with Crippen LogP contribution in [0.1, 0.15) is 37.2 Å². The molecule has 5 heteroatoms. The van der Waals surface area contributed by atoms with Crippen molar-refractivity contribution in [2.24, 2.45) is 11.8 Å². The molecular weight excluding hydrogens is 324 g/mol. The van der Waals surface area contributed by atoms with Gasteiger partial charge < -0.3 is 10.2 Å². The predicted octanol–water partition coefficient (Wildman–Crippen LogP) is 2.30. The van der Waals surface area contributed by atoms with Crippen molar-refractivity contribution in [2.45, 2.75) is 41.0 Å². The zero-order valence-corrected chi connectivity index (χ0v) is 16.6. The Balaban J connectivity index is 1.71. The molecule has 5 nitrogen and oxygen atoms in total. The molecule has 0 saturated carbocycles. The van der Waals surface area contributed by atoms with Crippen LogP contribution >= 0.6 is 0 Å². The Labute approximate surface area is 156 Å². The van der Waals surface area contributed by atoms with Crippen LogP contribution in [-0.2, 0) is 4.79 Å². The zero-order valence-electron chi connectivity index (χ0n) is 16.6. The molecule has 1 aliphatic rings. The molecule has 1 saturated heterocycles. The van der Waals surface area contributed by atoms with Crippen LogP contribution in [-0.4, -0.2) is 35.3 Å². The number of hydrogen-bond acceptors (Lipinski definition) is 2. The number of piperidine rings is 1. The maximum atomic E-state index is 12.6. The van der Waals surface area contributed by atoms with E-state index in [4.69, 9.17) is 0 Å². The number of nitrogens with one attached hydrogen (secondary N) is 2. The van der Waals surface area contributed by atoms with E-state index in [1.165, 1.54) is 16.9 Å². The standard InChI is InChI=1S/C21H30N4O/c1-14-6-8-19(9-7-14)25-18(5)21(17(4)23-25)22-20(26)13-24-11-15(2)10-16(3)12-24/h6-9,15-16H,10-13H2,1-5H3,(H,22,26)/p+1/t15-,16-/m1/s1. The molecule has 1 amide bonds. The SMILES string of the molecule is Cc1ccc(-n2nc(C)c(NC(=O)C[NH+]3C[C@H](C)C[C@@H](C)C3)c2C)cc1. The maximum Gasteiger partial charge on any atom is 0.279 e. The highest BCUT2D eigenvalue weighted by Crippen LogP contribution is 2.23. The average Bonchev–Trinajstić information content (AvgIpc) is 2.83. The van der Waals surface area contributed by atoms with Gasteiger partial charge in [0.25, 0.3) is 5.91 Å². The Hall–Kier alpha value is -2.14. The third kappa shape index (κ3) is 4.15. The number of rotatable bonds is 4. The number of carbonyl (C=O) groups is 1. The third-order valence-corrected chi connectivity index (χ3v) is 5.32. The van der Waals surface area contributed by atoms with E-state index in [9.17, 15) is 4.79 Å². The van der Waals surface area contributed by atoms with Gasteiger partial charge in [0.1, 0.15) is 0 Å². The molecule has 0 unspecified atom stereocenters. The smallest absolute Gasteiger partial charge is 0.279 e. The summed E-state index contributed by atoms with van der Waals surface area (Å²) in [5, 5.41) is 7.74. The summed E-state index contributed by atoms with van der Waals surface area (Å²) in [6.45, 7) is 13.3. The van der Waals surface area contributed by atoms with Gasteiger partial charge in [0, 0.05) is 11.8 Å². The Morgan fingerprint density at radius 3 is 2.38 bits per heavy atom. The van der Waals surface area contributed by atoms with Crippen LogP contribution in [0, 0.1) is 32.6 Å². The van der Waals surface area contributed by atoms with Crippen molar-refractivity contribution >= 4 is 11.6 Å². The summed E-state index contributed by atoms with van der Waals surface area (Å²) >= 11 is 0. The van der Waals surface area contributed by atoms with Crippen molar-refractivity contribution < 1.29 is 9.69 Å². The molecule has 1 fully saturated rings. The van der Waals surface area contributed by atoms with Crippen molar-refractivity contribution in [1.82, 2.24) is 9.78 Å². The first-order valence-corrected chi connectivity index (χ1v) is 9.60. The monoisotopic (exact) mass is 355 g/mol. The minimum atomic E-state index is 0.0796. The normalized spacial score (nSPS) is 23.0. The second-order valence-electron chi connectivity index (χ2n) is 8.12. The van der Waals surface area contributed by atoms with Gasteiger partial charge in [0.15, 0.2) is 6.54 Å². The predicted molar refractivity (Wildman–Crippen MR) is 105 cm³/mol. The van der Waals surface area contributed by atoms with Crippen molar-refractivity contribution in [3.63, 3.8) is 0 Å². The molecule has 0 aliphatic carbocycles. The van der Waals surface area contributed by atoms with Crippen molar-refractivity contribution in [1.29, 1.82) is 0 Å². The highest BCUT2D eigenvalue weighted by molar-refractivity contribution is 5.92. The van der Waals surface area contributed by atoms with E-state index in [0.29, 0.717) is 18.4 Å². The first-order valence-electron chi connectivity index (χ1n) is 9.60. The highest BCUT2D eigenvalue weighted by Gasteiger charge is 2.27. The molecule has 0 spiro atoms. The van der Waals surface area contributed by atoms with E-state index in [1.807, 2.05) is 18.5 Å². The van der Waals surface area contributed by atoms with Crippen LogP contribution in [0.4, 0.5) is 5.69 Å². The number of quaternary nitrogens is 1. The third-order valence-electron chi connectivity index (χ3n) is 5.32. The molecule has 140 valence electrons. The molecule has 26 heavy (non-hydrogen) atoms. The number of carbonyl (C=O) groups excluding carboxylic acids is 1. The van der Waals surface area contributed by atoms with Crippen molar-refractivity contribution in [3.05, 3.63) is 41.2 Å². The van der Waals surface area contributed by atoms with Gasteiger partial charge in [0.05, 0.1) is 35.9 Å². The lowest BCUT2D eigenvalue weighted by Gasteiger charge is -2.31. The number of aryl methyl sites for hydroxylation is 2. The zero-order chi connectivity index (χ0) is 18.8. The molecule has 0 radical (unpaired) electrons. The van der Waals surface area contributed by atoms with Crippen LogP contribution < -0.4 is 10.2 Å². The van der Waals surface area contributed by atoms with Gasteiger partial charge >= 0.3 is 0 Å². The van der Waals surface area contributed by atoms with Crippen molar-refractivity contribution in [2.75, 3.05) is 25.0 Å². The minimum Gasteiger partial charge on any atom is -0.327 e. The molecule has 2 heterocycles. The molecule has 0 bridgehead atoms. The summed E-state index contributed by atoms with van der Waals surface area (Å²) in [5.41, 5.74) is 4.90. The Morgan fingerprint density at radius 1 is 1.15 bits per heavy atom. The molecule has 2 N–H and O–H groups in total. The number of anilines is 1. The highest BCUT2D eigenvalue weighted by atomic mass is 16.2. The first kappa shape index (κ1) is 18.6. The van der Waals surface area contributed by atoms with E-state index in [0.717, 1.165) is 35.9 Å². The Morgan fingerprint density at radius 2 is 1.77 bits per heavy atom.